The molecule has 0 fully saturated rings. The highest BCUT2D eigenvalue weighted by molar-refractivity contribution is 7.98. The topological polar surface area (TPSA) is 30.9 Å². The average molecular weight is 387 g/mol. The Hall–Kier alpha value is -1.50. The number of likely N-dealkylation sites (N-methyl/N-ethyl adjacent to an activating group) is 1. The van der Waals surface area contributed by atoms with Gasteiger partial charge in [-0.05, 0) is 47.4 Å². The molecule has 0 amide bonds. The van der Waals surface area contributed by atoms with E-state index in [9.17, 15) is 0 Å². The molecule has 4 rings (SSSR count). The maximum absolute atomic E-state index is 4.59. The van der Waals surface area contributed by atoms with E-state index >= 15 is 0 Å². The molecular formula is C20H26N4S2. The Bertz CT molecular complexity index is 768. The third-order valence-corrected chi connectivity index (χ3v) is 7.06. The second-order valence-corrected chi connectivity index (χ2v) is 8.77. The van der Waals surface area contributed by atoms with Crippen LogP contribution >= 0.6 is 23.1 Å². The van der Waals surface area contributed by atoms with Gasteiger partial charge < -0.3 is 10.2 Å². The molecule has 2 aromatic rings. The van der Waals surface area contributed by atoms with Crippen molar-refractivity contribution in [2.45, 2.75) is 23.9 Å². The molecule has 6 heteroatoms. The van der Waals surface area contributed by atoms with E-state index in [1.807, 2.05) is 11.3 Å². The second-order valence-electron chi connectivity index (χ2n) is 6.89. The number of thiophene rings is 1. The largest absolute Gasteiger partial charge is 0.354 e. The molecule has 0 spiro atoms. The Balaban J connectivity index is 1.54. The lowest BCUT2D eigenvalue weighted by molar-refractivity contribution is 0.180. The van der Waals surface area contributed by atoms with Crippen molar-refractivity contribution in [3.8, 4) is 0 Å². The Labute approximate surface area is 164 Å². The molecule has 0 saturated heterocycles. The summed E-state index contributed by atoms with van der Waals surface area (Å²) in [5.74, 6) is 1.03. The maximum atomic E-state index is 4.59. The van der Waals surface area contributed by atoms with Crippen LogP contribution in [0.25, 0.3) is 0 Å². The zero-order chi connectivity index (χ0) is 17.9. The molecule has 0 radical (unpaired) electrons. The first-order valence-electron chi connectivity index (χ1n) is 9.17. The fourth-order valence-corrected chi connectivity index (χ4v) is 5.03. The molecule has 0 aliphatic carbocycles. The maximum Gasteiger partial charge on any atom is 0.193 e. The van der Waals surface area contributed by atoms with Crippen molar-refractivity contribution < 1.29 is 0 Å². The molecule has 1 N–H and O–H groups in total. The SMILES string of the molecule is CSc1ccc(C(CNC2=NCCN2C)N2CCc3sccc3C2)cc1. The van der Waals surface area contributed by atoms with Crippen molar-refractivity contribution in [1.29, 1.82) is 0 Å². The number of fused-ring (bicyclic) bond motifs is 1. The van der Waals surface area contributed by atoms with Crippen LogP contribution in [0, 0.1) is 0 Å². The van der Waals surface area contributed by atoms with Gasteiger partial charge in [0.2, 0.25) is 0 Å². The van der Waals surface area contributed by atoms with Crippen molar-refractivity contribution in [2.75, 3.05) is 39.5 Å². The van der Waals surface area contributed by atoms with E-state index in [4.69, 9.17) is 0 Å². The fourth-order valence-electron chi connectivity index (χ4n) is 3.73. The van der Waals surface area contributed by atoms with Crippen LogP contribution in [0.5, 0.6) is 0 Å². The summed E-state index contributed by atoms with van der Waals surface area (Å²) in [5.41, 5.74) is 2.89. The lowest BCUT2D eigenvalue weighted by Gasteiger charge is -2.35. The highest BCUT2D eigenvalue weighted by atomic mass is 32.2. The second kappa shape index (κ2) is 8.03. The molecule has 26 heavy (non-hydrogen) atoms. The van der Waals surface area contributed by atoms with Crippen molar-refractivity contribution >= 4 is 29.1 Å². The Morgan fingerprint density at radius 3 is 2.81 bits per heavy atom. The molecule has 0 saturated carbocycles. The van der Waals surface area contributed by atoms with E-state index in [0.717, 1.165) is 45.1 Å². The minimum atomic E-state index is 0.357. The quantitative estimate of drug-likeness (QED) is 0.798. The van der Waals surface area contributed by atoms with Gasteiger partial charge in [0.1, 0.15) is 0 Å². The summed E-state index contributed by atoms with van der Waals surface area (Å²) < 4.78 is 0. The van der Waals surface area contributed by atoms with Gasteiger partial charge in [-0.3, -0.25) is 9.89 Å². The first-order valence-corrected chi connectivity index (χ1v) is 11.3. The van der Waals surface area contributed by atoms with Crippen molar-refractivity contribution in [3.05, 3.63) is 51.7 Å². The van der Waals surface area contributed by atoms with E-state index in [-0.39, 0.29) is 0 Å². The van der Waals surface area contributed by atoms with Gasteiger partial charge in [-0.1, -0.05) is 12.1 Å². The molecule has 2 aliphatic heterocycles. The average Bonchev–Trinajstić information content (AvgIpc) is 3.31. The standard InChI is InChI=1S/C20H26N4S2/c1-23-11-9-21-20(23)22-13-18(15-3-5-17(25-2)6-4-15)24-10-7-19-16(14-24)8-12-26-19/h3-6,8,12,18H,7,9-11,13-14H2,1-2H3,(H,21,22). The van der Waals surface area contributed by atoms with Gasteiger partial charge in [0.15, 0.2) is 5.96 Å². The summed E-state index contributed by atoms with van der Waals surface area (Å²) in [6.45, 7) is 4.96. The van der Waals surface area contributed by atoms with Crippen LogP contribution < -0.4 is 5.32 Å². The Morgan fingerprint density at radius 1 is 1.23 bits per heavy atom. The van der Waals surface area contributed by atoms with Gasteiger partial charge in [-0.2, -0.15) is 0 Å². The number of hydrogen-bond acceptors (Lipinski definition) is 6. The normalized spacial score (nSPS) is 18.5. The highest BCUT2D eigenvalue weighted by Crippen LogP contribution is 2.31. The van der Waals surface area contributed by atoms with E-state index in [0.29, 0.717) is 6.04 Å². The number of aliphatic imine (C=N–C) groups is 1. The fraction of sp³-hybridized carbons (Fsp3) is 0.450. The third kappa shape index (κ3) is 3.77. The van der Waals surface area contributed by atoms with Crippen LogP contribution in [-0.2, 0) is 13.0 Å². The summed E-state index contributed by atoms with van der Waals surface area (Å²) in [7, 11) is 2.11. The highest BCUT2D eigenvalue weighted by Gasteiger charge is 2.26. The first-order chi connectivity index (χ1) is 12.7. The van der Waals surface area contributed by atoms with Crippen LogP contribution in [0.2, 0.25) is 0 Å². The molecule has 3 heterocycles. The van der Waals surface area contributed by atoms with Gasteiger partial charge in [0.05, 0.1) is 12.6 Å². The van der Waals surface area contributed by atoms with Crippen LogP contribution in [0.4, 0.5) is 0 Å². The molecule has 138 valence electrons. The lowest BCUT2D eigenvalue weighted by Crippen LogP contribution is -2.43. The number of thioether (sulfide) groups is 1. The van der Waals surface area contributed by atoms with Crippen LogP contribution in [0.15, 0.2) is 45.6 Å². The zero-order valence-corrected chi connectivity index (χ0v) is 17.1. The van der Waals surface area contributed by atoms with E-state index in [2.05, 4.69) is 69.1 Å². The molecule has 1 atom stereocenters. The summed E-state index contributed by atoms with van der Waals surface area (Å²) in [6.07, 6.45) is 3.29. The molecule has 4 nitrogen and oxygen atoms in total. The number of nitrogens with one attached hydrogen (secondary N) is 1. The molecule has 1 aromatic heterocycles. The van der Waals surface area contributed by atoms with Gasteiger partial charge in [0, 0.05) is 43.0 Å². The van der Waals surface area contributed by atoms with Gasteiger partial charge in [-0.15, -0.1) is 23.1 Å². The summed E-state index contributed by atoms with van der Waals surface area (Å²) in [6, 6.07) is 11.7. The Kier molecular flexibility index (Phi) is 5.52. The smallest absolute Gasteiger partial charge is 0.193 e. The molecule has 0 bridgehead atoms. The molecular weight excluding hydrogens is 360 g/mol. The number of benzene rings is 1. The van der Waals surface area contributed by atoms with Crippen LogP contribution in [0.1, 0.15) is 22.0 Å². The molecule has 1 aromatic carbocycles. The van der Waals surface area contributed by atoms with Gasteiger partial charge in [0.25, 0.3) is 0 Å². The summed E-state index contributed by atoms with van der Waals surface area (Å²) in [4.78, 5) is 12.3. The molecule has 1 unspecified atom stereocenters. The van der Waals surface area contributed by atoms with Crippen molar-refractivity contribution in [2.24, 2.45) is 4.99 Å². The molecule has 2 aliphatic rings. The van der Waals surface area contributed by atoms with Gasteiger partial charge >= 0.3 is 0 Å². The third-order valence-electron chi connectivity index (χ3n) is 5.29. The predicted octanol–water partition coefficient (Wildman–Crippen LogP) is 3.46. The first kappa shape index (κ1) is 17.9. The lowest BCUT2D eigenvalue weighted by atomic mass is 10.0. The predicted molar refractivity (Wildman–Crippen MR) is 112 cm³/mol. The van der Waals surface area contributed by atoms with E-state index in [1.165, 1.54) is 16.0 Å². The van der Waals surface area contributed by atoms with Crippen LogP contribution in [0.3, 0.4) is 0 Å². The van der Waals surface area contributed by atoms with Gasteiger partial charge in [-0.25, -0.2) is 0 Å². The number of guanidine groups is 1. The Morgan fingerprint density at radius 2 is 2.08 bits per heavy atom. The van der Waals surface area contributed by atoms with Crippen molar-refractivity contribution in [3.63, 3.8) is 0 Å². The van der Waals surface area contributed by atoms with E-state index in [1.54, 1.807) is 16.6 Å². The summed E-state index contributed by atoms with van der Waals surface area (Å²) >= 11 is 3.70. The summed E-state index contributed by atoms with van der Waals surface area (Å²) in [5, 5.41) is 5.84. The minimum absolute atomic E-state index is 0.357. The van der Waals surface area contributed by atoms with E-state index < -0.39 is 0 Å². The minimum Gasteiger partial charge on any atom is -0.354 e. The number of rotatable bonds is 5. The monoisotopic (exact) mass is 386 g/mol. The van der Waals surface area contributed by atoms with Crippen molar-refractivity contribution in [1.82, 2.24) is 15.1 Å². The number of nitrogens with zero attached hydrogens (tertiary/aromatic N) is 3. The zero-order valence-electron chi connectivity index (χ0n) is 15.4. The van der Waals surface area contributed by atoms with Crippen LogP contribution in [-0.4, -0.2) is 55.2 Å². The number of hydrogen-bond donors (Lipinski definition) is 1.